The summed E-state index contributed by atoms with van der Waals surface area (Å²) in [7, 11) is 0. The Labute approximate surface area is 132 Å². The maximum atomic E-state index is 5.89. The Morgan fingerprint density at radius 1 is 1.23 bits per heavy atom. The highest BCUT2D eigenvalue weighted by molar-refractivity contribution is 7.99. The van der Waals surface area contributed by atoms with Gasteiger partial charge in [-0.2, -0.15) is 0 Å². The lowest BCUT2D eigenvalue weighted by atomic mass is 10.3. The number of nitrogens with two attached hydrogens (primary N) is 1. The van der Waals surface area contributed by atoms with Crippen LogP contribution in [0.4, 0.5) is 0 Å². The van der Waals surface area contributed by atoms with Gasteiger partial charge in [-0.25, -0.2) is 14.6 Å². The number of aryl methyl sites for hydroxylation is 2. The largest absolute Gasteiger partial charge is 0.336 e. The second-order valence-electron chi connectivity index (χ2n) is 4.59. The van der Waals surface area contributed by atoms with E-state index in [4.69, 9.17) is 5.84 Å². The van der Waals surface area contributed by atoms with E-state index >= 15 is 0 Å². The number of aromatic nitrogens is 6. The number of nitrogens with zero attached hydrogens (tertiary/aromatic N) is 6. The Bertz CT molecular complexity index is 785. The summed E-state index contributed by atoms with van der Waals surface area (Å²) in [6, 6.07) is 7.60. The van der Waals surface area contributed by atoms with Gasteiger partial charge in [0.25, 0.3) is 0 Å². The zero-order valence-corrected chi connectivity index (χ0v) is 13.1. The van der Waals surface area contributed by atoms with Gasteiger partial charge in [0.15, 0.2) is 5.82 Å². The Kier molecular flexibility index (Phi) is 4.01. The number of hydrogen-bond acceptors (Lipinski definition) is 7. The van der Waals surface area contributed by atoms with Crippen LogP contribution in [0.2, 0.25) is 0 Å². The molecule has 3 rings (SSSR count). The van der Waals surface area contributed by atoms with Crippen LogP contribution < -0.4 is 5.84 Å². The molecule has 0 aliphatic carbocycles. The first-order chi connectivity index (χ1) is 10.7. The molecule has 0 atom stereocenters. The molecule has 0 fully saturated rings. The quantitative estimate of drug-likeness (QED) is 0.580. The van der Waals surface area contributed by atoms with Crippen molar-refractivity contribution in [2.75, 3.05) is 5.84 Å². The van der Waals surface area contributed by atoms with Crippen LogP contribution in [0, 0.1) is 6.92 Å². The van der Waals surface area contributed by atoms with Gasteiger partial charge in [-0.1, -0.05) is 13.0 Å². The lowest BCUT2D eigenvalue weighted by Crippen LogP contribution is -2.11. The molecule has 8 heteroatoms. The molecular weight excluding hydrogens is 298 g/mol. The molecule has 0 saturated heterocycles. The van der Waals surface area contributed by atoms with Crippen LogP contribution in [0.3, 0.4) is 0 Å². The summed E-state index contributed by atoms with van der Waals surface area (Å²) in [4.78, 5) is 13.4. The molecule has 0 unspecified atom stereocenters. The van der Waals surface area contributed by atoms with Crippen molar-refractivity contribution in [3.05, 3.63) is 42.0 Å². The van der Waals surface area contributed by atoms with Gasteiger partial charge in [-0.15, -0.1) is 10.2 Å². The number of pyridine rings is 1. The fraction of sp³-hybridized carbons (Fsp3) is 0.214. The summed E-state index contributed by atoms with van der Waals surface area (Å²) < 4.78 is 1.44. The van der Waals surface area contributed by atoms with Crippen molar-refractivity contribution >= 4 is 11.8 Å². The molecule has 0 aliphatic rings. The molecule has 0 radical (unpaired) electrons. The Morgan fingerprint density at radius 3 is 2.73 bits per heavy atom. The van der Waals surface area contributed by atoms with E-state index in [-0.39, 0.29) is 0 Å². The third-order valence-corrected chi connectivity index (χ3v) is 3.92. The van der Waals surface area contributed by atoms with Gasteiger partial charge in [-0.05, 0) is 43.3 Å². The molecule has 3 aromatic heterocycles. The van der Waals surface area contributed by atoms with Crippen molar-refractivity contribution < 1.29 is 0 Å². The number of hydrogen-bond donors (Lipinski definition) is 1. The van der Waals surface area contributed by atoms with E-state index in [0.717, 1.165) is 22.8 Å². The minimum Gasteiger partial charge on any atom is -0.336 e. The van der Waals surface area contributed by atoms with E-state index in [1.807, 2.05) is 24.3 Å². The highest BCUT2D eigenvalue weighted by atomic mass is 32.2. The highest BCUT2D eigenvalue weighted by Gasteiger charge is 2.12. The minimum absolute atomic E-state index is 0.588. The van der Waals surface area contributed by atoms with Crippen LogP contribution in [0.15, 0.2) is 40.6 Å². The summed E-state index contributed by atoms with van der Waals surface area (Å²) in [5, 5.41) is 9.35. The zero-order valence-electron chi connectivity index (χ0n) is 12.3. The highest BCUT2D eigenvalue weighted by Crippen LogP contribution is 2.26. The van der Waals surface area contributed by atoms with Gasteiger partial charge >= 0.3 is 0 Å². The molecular formula is C14H15N7S. The van der Waals surface area contributed by atoms with Crippen LogP contribution in [-0.4, -0.2) is 29.8 Å². The SMILES string of the molecule is CCc1cc(Sc2nnc(C)n2N)nc(-c2ccccn2)n1. The molecule has 0 aromatic carbocycles. The normalized spacial score (nSPS) is 10.8. The Balaban J connectivity index is 1.99. The molecule has 0 saturated carbocycles. The predicted molar refractivity (Wildman–Crippen MR) is 83.7 cm³/mol. The zero-order chi connectivity index (χ0) is 15.5. The van der Waals surface area contributed by atoms with Crippen molar-refractivity contribution in [3.63, 3.8) is 0 Å². The summed E-state index contributed by atoms with van der Waals surface area (Å²) in [6.07, 6.45) is 2.54. The minimum atomic E-state index is 0.588. The summed E-state index contributed by atoms with van der Waals surface area (Å²) in [5.41, 5.74) is 1.68. The average molecular weight is 313 g/mol. The van der Waals surface area contributed by atoms with E-state index in [1.54, 1.807) is 13.1 Å². The molecule has 0 amide bonds. The standard InChI is InChI=1S/C14H15N7S/c1-3-10-8-12(22-14-20-19-9(2)21(14)15)18-13(17-10)11-6-4-5-7-16-11/h4-8H,3,15H2,1-2H3. The molecule has 22 heavy (non-hydrogen) atoms. The maximum absolute atomic E-state index is 5.89. The smallest absolute Gasteiger partial charge is 0.216 e. The monoisotopic (exact) mass is 313 g/mol. The summed E-state index contributed by atoms with van der Waals surface area (Å²) in [6.45, 7) is 3.85. The molecule has 2 N–H and O–H groups in total. The first kappa shape index (κ1) is 14.5. The first-order valence-corrected chi connectivity index (χ1v) is 7.63. The van der Waals surface area contributed by atoms with Crippen molar-refractivity contribution in [2.45, 2.75) is 30.5 Å². The van der Waals surface area contributed by atoms with Crippen LogP contribution in [-0.2, 0) is 6.42 Å². The fourth-order valence-corrected chi connectivity index (χ4v) is 2.65. The molecule has 0 spiro atoms. The summed E-state index contributed by atoms with van der Waals surface area (Å²) in [5.74, 6) is 7.13. The van der Waals surface area contributed by atoms with E-state index in [9.17, 15) is 0 Å². The molecule has 0 bridgehead atoms. The van der Waals surface area contributed by atoms with Gasteiger partial charge in [0, 0.05) is 11.9 Å². The van der Waals surface area contributed by atoms with Gasteiger partial charge in [0.05, 0.1) is 0 Å². The molecule has 3 heterocycles. The van der Waals surface area contributed by atoms with Crippen molar-refractivity contribution in [2.24, 2.45) is 0 Å². The second kappa shape index (κ2) is 6.10. The van der Waals surface area contributed by atoms with Crippen LogP contribution in [0.1, 0.15) is 18.4 Å². The van der Waals surface area contributed by atoms with Crippen molar-refractivity contribution in [1.29, 1.82) is 0 Å². The Hall–Kier alpha value is -2.48. The third kappa shape index (κ3) is 2.91. The number of nitrogen functional groups attached to an aromatic ring is 1. The van der Waals surface area contributed by atoms with Gasteiger partial charge < -0.3 is 5.84 Å². The van der Waals surface area contributed by atoms with Gasteiger partial charge in [0.1, 0.15) is 16.5 Å². The van der Waals surface area contributed by atoms with Crippen LogP contribution in [0.5, 0.6) is 0 Å². The van der Waals surface area contributed by atoms with Crippen molar-refractivity contribution in [1.82, 2.24) is 29.8 Å². The summed E-state index contributed by atoms with van der Waals surface area (Å²) >= 11 is 1.36. The van der Waals surface area contributed by atoms with Crippen LogP contribution in [0.25, 0.3) is 11.5 Å². The maximum Gasteiger partial charge on any atom is 0.216 e. The van der Waals surface area contributed by atoms with E-state index in [1.165, 1.54) is 16.4 Å². The van der Waals surface area contributed by atoms with E-state index < -0.39 is 0 Å². The lowest BCUT2D eigenvalue weighted by Gasteiger charge is -2.06. The van der Waals surface area contributed by atoms with Gasteiger partial charge in [0.2, 0.25) is 5.16 Å². The predicted octanol–water partition coefficient (Wildman–Crippen LogP) is 1.87. The van der Waals surface area contributed by atoms with Crippen molar-refractivity contribution in [3.8, 4) is 11.5 Å². The first-order valence-electron chi connectivity index (χ1n) is 6.81. The van der Waals surface area contributed by atoms with Gasteiger partial charge in [-0.3, -0.25) is 4.98 Å². The van der Waals surface area contributed by atoms with Crippen LogP contribution >= 0.6 is 11.8 Å². The average Bonchev–Trinajstić information content (AvgIpc) is 2.87. The second-order valence-corrected chi connectivity index (χ2v) is 5.58. The van der Waals surface area contributed by atoms with E-state index in [0.29, 0.717) is 16.8 Å². The molecule has 7 nitrogen and oxygen atoms in total. The molecule has 0 aliphatic heterocycles. The van der Waals surface area contributed by atoms with E-state index in [2.05, 4.69) is 32.1 Å². The third-order valence-electron chi connectivity index (χ3n) is 3.04. The number of rotatable bonds is 4. The molecule has 3 aromatic rings. The lowest BCUT2D eigenvalue weighted by molar-refractivity contribution is 0.822. The topological polar surface area (TPSA) is 95.4 Å². The fourth-order valence-electron chi connectivity index (χ4n) is 1.83. The Morgan fingerprint density at radius 2 is 2.09 bits per heavy atom. The molecule has 112 valence electrons.